The molecule has 0 aliphatic carbocycles. The van der Waals surface area contributed by atoms with Crippen LogP contribution in [0.3, 0.4) is 0 Å². The van der Waals surface area contributed by atoms with Crippen molar-refractivity contribution in [2.45, 2.75) is 6.92 Å². The second kappa shape index (κ2) is 4.33. The molecule has 0 unspecified atom stereocenters. The Balaban J connectivity index is 2.44. The summed E-state index contributed by atoms with van der Waals surface area (Å²) in [5.74, 6) is 0.605. The second-order valence-corrected chi connectivity index (χ2v) is 4.67. The molecule has 1 aliphatic heterocycles. The van der Waals surface area contributed by atoms with E-state index in [0.717, 1.165) is 4.47 Å². The van der Waals surface area contributed by atoms with Crippen LogP contribution in [0.5, 0.6) is 5.75 Å². The number of amidine groups is 1. The summed E-state index contributed by atoms with van der Waals surface area (Å²) in [5.41, 5.74) is 0.896. The van der Waals surface area contributed by atoms with Crippen LogP contribution in [0.1, 0.15) is 12.5 Å². The number of phenolic OH excluding ortho intramolecular Hbond substituents is 1. The number of aromatic hydroxyl groups is 1. The van der Waals surface area contributed by atoms with E-state index >= 15 is 0 Å². The lowest BCUT2D eigenvalue weighted by Gasteiger charge is -2.06. The summed E-state index contributed by atoms with van der Waals surface area (Å²) < 4.78 is 0.835. The van der Waals surface area contributed by atoms with Crippen LogP contribution in [0, 0.1) is 0 Å². The molecule has 1 aliphatic rings. The molecule has 0 radical (unpaired) electrons. The van der Waals surface area contributed by atoms with Gasteiger partial charge < -0.3 is 5.11 Å². The van der Waals surface area contributed by atoms with Gasteiger partial charge in [0.15, 0.2) is 0 Å². The van der Waals surface area contributed by atoms with E-state index in [9.17, 15) is 9.90 Å². The van der Waals surface area contributed by atoms with Gasteiger partial charge in [0.1, 0.15) is 17.3 Å². The third-order valence-corrected chi connectivity index (χ3v) is 3.07. The van der Waals surface area contributed by atoms with E-state index in [1.807, 2.05) is 0 Å². The summed E-state index contributed by atoms with van der Waals surface area (Å²) in [6.07, 6.45) is 1.58. The number of phenols is 1. The fourth-order valence-corrected chi connectivity index (χ4v) is 1.88. The molecule has 1 amide bonds. The molecule has 0 aromatic heterocycles. The quantitative estimate of drug-likeness (QED) is 0.809. The van der Waals surface area contributed by atoms with Gasteiger partial charge in [-0.2, -0.15) is 0 Å². The molecular weight excluding hydrogens is 284 g/mol. The third kappa shape index (κ3) is 2.24. The summed E-state index contributed by atoms with van der Waals surface area (Å²) >= 11 is 3.31. The Hall–Kier alpha value is -1.62. The molecule has 2 rings (SSSR count). The average Bonchev–Trinajstić information content (AvgIpc) is 2.52. The zero-order chi connectivity index (χ0) is 12.6. The van der Waals surface area contributed by atoms with Crippen molar-refractivity contribution in [1.82, 2.24) is 4.90 Å². The van der Waals surface area contributed by atoms with Crippen LogP contribution < -0.4 is 0 Å². The van der Waals surface area contributed by atoms with E-state index < -0.39 is 0 Å². The number of carbonyl (C=O) groups excluding carboxylic acids is 1. The molecule has 1 aromatic rings. The van der Waals surface area contributed by atoms with Crippen LogP contribution >= 0.6 is 15.9 Å². The Labute approximate surface area is 107 Å². The largest absolute Gasteiger partial charge is 0.507 e. The Morgan fingerprint density at radius 1 is 1.47 bits per heavy atom. The maximum absolute atomic E-state index is 11.8. The van der Waals surface area contributed by atoms with Gasteiger partial charge in [-0.3, -0.25) is 9.69 Å². The van der Waals surface area contributed by atoms with Crippen LogP contribution in [-0.4, -0.2) is 28.8 Å². The first-order chi connectivity index (χ1) is 7.99. The van der Waals surface area contributed by atoms with Crippen molar-refractivity contribution in [3.05, 3.63) is 33.9 Å². The van der Waals surface area contributed by atoms with Crippen LogP contribution in [0.2, 0.25) is 0 Å². The number of rotatable bonds is 1. The van der Waals surface area contributed by atoms with Crippen LogP contribution in [0.15, 0.2) is 33.4 Å². The molecule has 5 heteroatoms. The highest BCUT2D eigenvalue weighted by Crippen LogP contribution is 2.26. The minimum atomic E-state index is -0.165. The van der Waals surface area contributed by atoms with E-state index in [1.54, 1.807) is 38.2 Å². The Morgan fingerprint density at radius 3 is 2.76 bits per heavy atom. The van der Waals surface area contributed by atoms with Gasteiger partial charge in [-0.1, -0.05) is 15.9 Å². The van der Waals surface area contributed by atoms with Crippen molar-refractivity contribution in [2.75, 3.05) is 7.05 Å². The lowest BCUT2D eigenvalue weighted by atomic mass is 10.1. The van der Waals surface area contributed by atoms with Crippen molar-refractivity contribution >= 4 is 33.7 Å². The summed E-state index contributed by atoms with van der Waals surface area (Å²) in [6, 6.07) is 5.03. The van der Waals surface area contributed by atoms with Crippen LogP contribution in [0.25, 0.3) is 6.08 Å². The normalized spacial score (nSPS) is 17.8. The molecule has 0 fully saturated rings. The fourth-order valence-electron chi connectivity index (χ4n) is 1.50. The zero-order valence-corrected chi connectivity index (χ0v) is 11.0. The first-order valence-electron chi connectivity index (χ1n) is 5.02. The maximum atomic E-state index is 11.8. The number of carbonyl (C=O) groups is 1. The van der Waals surface area contributed by atoms with Crippen molar-refractivity contribution in [3.8, 4) is 5.75 Å². The summed E-state index contributed by atoms with van der Waals surface area (Å²) in [4.78, 5) is 17.4. The van der Waals surface area contributed by atoms with Gasteiger partial charge in [0, 0.05) is 17.1 Å². The lowest BCUT2D eigenvalue weighted by molar-refractivity contribution is -0.121. The van der Waals surface area contributed by atoms with Crippen molar-refractivity contribution in [3.63, 3.8) is 0 Å². The topological polar surface area (TPSA) is 52.9 Å². The molecular formula is C12H11BrN2O2. The third-order valence-electron chi connectivity index (χ3n) is 2.57. The standard InChI is InChI=1S/C12H11BrN2O2/c1-7-14-10(12(17)15(7)2)6-8-5-9(13)3-4-11(8)16/h3-6,16H,1-2H3/b10-6-. The summed E-state index contributed by atoms with van der Waals surface area (Å²) in [6.45, 7) is 1.76. The highest BCUT2D eigenvalue weighted by molar-refractivity contribution is 9.10. The van der Waals surface area contributed by atoms with E-state index in [4.69, 9.17) is 0 Å². The average molecular weight is 295 g/mol. The van der Waals surface area contributed by atoms with Gasteiger partial charge in [0.05, 0.1) is 0 Å². The van der Waals surface area contributed by atoms with Gasteiger partial charge >= 0.3 is 0 Å². The number of aliphatic imine (C=N–C) groups is 1. The molecule has 0 saturated heterocycles. The number of nitrogens with zero attached hydrogens (tertiary/aromatic N) is 2. The predicted octanol–water partition coefficient (Wildman–Crippen LogP) is 2.39. The smallest absolute Gasteiger partial charge is 0.277 e. The monoisotopic (exact) mass is 294 g/mol. The second-order valence-electron chi connectivity index (χ2n) is 3.76. The number of halogens is 1. The zero-order valence-electron chi connectivity index (χ0n) is 9.44. The van der Waals surface area contributed by atoms with E-state index in [2.05, 4.69) is 20.9 Å². The summed E-state index contributed by atoms with van der Waals surface area (Å²) in [5, 5.41) is 9.67. The minimum Gasteiger partial charge on any atom is -0.507 e. The molecule has 1 aromatic carbocycles. The molecule has 0 saturated carbocycles. The van der Waals surface area contributed by atoms with Gasteiger partial charge in [-0.15, -0.1) is 0 Å². The number of hydrogen-bond donors (Lipinski definition) is 1. The highest BCUT2D eigenvalue weighted by atomic mass is 79.9. The van der Waals surface area contributed by atoms with Gasteiger partial charge in [-0.05, 0) is 31.2 Å². The van der Waals surface area contributed by atoms with Gasteiger partial charge in [-0.25, -0.2) is 4.99 Å². The van der Waals surface area contributed by atoms with Crippen LogP contribution in [-0.2, 0) is 4.79 Å². The molecule has 0 spiro atoms. The highest BCUT2D eigenvalue weighted by Gasteiger charge is 2.23. The Morgan fingerprint density at radius 2 is 2.18 bits per heavy atom. The minimum absolute atomic E-state index is 0.121. The molecule has 17 heavy (non-hydrogen) atoms. The summed E-state index contributed by atoms with van der Waals surface area (Å²) in [7, 11) is 1.67. The number of benzene rings is 1. The Kier molecular flexibility index (Phi) is 3.02. The van der Waals surface area contributed by atoms with Crippen LogP contribution in [0.4, 0.5) is 0 Å². The first-order valence-corrected chi connectivity index (χ1v) is 5.82. The number of likely N-dealkylation sites (N-methyl/N-ethyl adjacent to an activating group) is 1. The van der Waals surface area contributed by atoms with E-state index in [1.165, 1.54) is 4.90 Å². The van der Waals surface area contributed by atoms with E-state index in [0.29, 0.717) is 17.1 Å². The predicted molar refractivity (Wildman–Crippen MR) is 69.7 cm³/mol. The molecule has 88 valence electrons. The first kappa shape index (κ1) is 11.9. The van der Waals surface area contributed by atoms with E-state index in [-0.39, 0.29) is 11.7 Å². The molecule has 0 atom stereocenters. The fraction of sp³-hybridized carbons (Fsp3) is 0.167. The lowest BCUT2D eigenvalue weighted by Crippen LogP contribution is -2.25. The number of hydrogen-bond acceptors (Lipinski definition) is 3. The Bertz CT molecular complexity index is 549. The van der Waals surface area contributed by atoms with Gasteiger partial charge in [0.25, 0.3) is 5.91 Å². The molecule has 1 N–H and O–H groups in total. The van der Waals surface area contributed by atoms with Crippen molar-refractivity contribution in [2.24, 2.45) is 4.99 Å². The maximum Gasteiger partial charge on any atom is 0.277 e. The van der Waals surface area contributed by atoms with Crippen molar-refractivity contribution < 1.29 is 9.90 Å². The molecule has 1 heterocycles. The molecule has 4 nitrogen and oxygen atoms in total. The molecule has 0 bridgehead atoms. The number of amides is 1. The van der Waals surface area contributed by atoms with Crippen molar-refractivity contribution in [1.29, 1.82) is 0 Å². The van der Waals surface area contributed by atoms with Gasteiger partial charge in [0.2, 0.25) is 0 Å². The SMILES string of the molecule is CC1=N/C(=C\c2cc(Br)ccc2O)C(=O)N1C.